The predicted octanol–water partition coefficient (Wildman–Crippen LogP) is 5.91. The lowest BCUT2D eigenvalue weighted by molar-refractivity contribution is -0.132. The van der Waals surface area contributed by atoms with Crippen molar-refractivity contribution in [2.24, 2.45) is 33.9 Å². The van der Waals surface area contributed by atoms with Crippen LogP contribution in [0.1, 0.15) is 76.7 Å². The topological polar surface area (TPSA) is 55.5 Å². The van der Waals surface area contributed by atoms with Gasteiger partial charge in [0.05, 0.1) is 5.41 Å². The van der Waals surface area contributed by atoms with Gasteiger partial charge in [0.2, 0.25) is 6.43 Å². The normalized spacial score (nSPS) is 38.1. The van der Waals surface area contributed by atoms with Crippen LogP contribution in [0.2, 0.25) is 0 Å². The zero-order chi connectivity index (χ0) is 22.1. The van der Waals surface area contributed by atoms with Gasteiger partial charge in [0.15, 0.2) is 0 Å². The largest absolute Gasteiger partial charge is 0.328 e. The molecule has 5 heteroatoms. The van der Waals surface area contributed by atoms with Crippen LogP contribution in [0.3, 0.4) is 0 Å². The Morgan fingerprint density at radius 2 is 1.87 bits per heavy atom. The third-order valence-corrected chi connectivity index (χ3v) is 8.44. The number of nitrogens with two attached hydrogens (primary N) is 1. The highest BCUT2D eigenvalue weighted by Crippen LogP contribution is 2.65. The van der Waals surface area contributed by atoms with Crippen molar-refractivity contribution in [2.45, 2.75) is 89.0 Å². The van der Waals surface area contributed by atoms with Crippen LogP contribution in [0, 0.1) is 23.2 Å². The first-order valence-corrected chi connectivity index (χ1v) is 12.0. The van der Waals surface area contributed by atoms with Crippen LogP contribution in [-0.4, -0.2) is 24.6 Å². The highest BCUT2D eigenvalue weighted by Gasteiger charge is 2.62. The molecule has 0 saturated heterocycles. The van der Waals surface area contributed by atoms with Crippen molar-refractivity contribution >= 4 is 12.1 Å². The minimum Gasteiger partial charge on any atom is -0.328 e. The first-order chi connectivity index (χ1) is 14.9. The monoisotopic (exact) mass is 430 g/mol. The number of carbonyl (C=O) groups excluding carboxylic acids is 1. The zero-order valence-electron chi connectivity index (χ0n) is 18.6. The van der Waals surface area contributed by atoms with Crippen molar-refractivity contribution in [3.8, 4) is 0 Å². The van der Waals surface area contributed by atoms with E-state index < -0.39 is 11.8 Å². The average molecular weight is 431 g/mol. The molecule has 2 bridgehead atoms. The van der Waals surface area contributed by atoms with E-state index in [-0.39, 0.29) is 35.6 Å². The zero-order valence-corrected chi connectivity index (χ0v) is 18.6. The molecule has 1 aromatic carbocycles. The number of hydrogen-bond acceptors (Lipinski definition) is 2. The van der Waals surface area contributed by atoms with Gasteiger partial charge in [0.25, 0.3) is 5.91 Å². The van der Waals surface area contributed by atoms with Gasteiger partial charge in [-0.05, 0) is 80.1 Å². The summed E-state index contributed by atoms with van der Waals surface area (Å²) in [6.45, 7) is 2.13. The molecule has 3 saturated carbocycles. The predicted molar refractivity (Wildman–Crippen MR) is 120 cm³/mol. The summed E-state index contributed by atoms with van der Waals surface area (Å²) < 4.78 is 26.8. The van der Waals surface area contributed by atoms with Gasteiger partial charge in [0, 0.05) is 18.7 Å². The van der Waals surface area contributed by atoms with Crippen LogP contribution in [0.25, 0.3) is 0 Å². The van der Waals surface area contributed by atoms with E-state index in [0.717, 1.165) is 51.4 Å². The molecule has 31 heavy (non-hydrogen) atoms. The molecular formula is C26H36F2N2O. The van der Waals surface area contributed by atoms with Gasteiger partial charge < -0.3 is 5.73 Å². The lowest BCUT2D eigenvalue weighted by Gasteiger charge is -2.43. The van der Waals surface area contributed by atoms with Crippen LogP contribution in [0.4, 0.5) is 8.78 Å². The Hall–Kier alpha value is -1.62. The van der Waals surface area contributed by atoms with E-state index in [1.165, 1.54) is 5.56 Å². The Morgan fingerprint density at radius 3 is 2.52 bits per heavy atom. The molecular weight excluding hydrogens is 394 g/mol. The smallest absolute Gasteiger partial charge is 0.251 e. The molecule has 0 heterocycles. The second kappa shape index (κ2) is 9.09. The minimum absolute atomic E-state index is 0.0639. The Labute approximate surface area is 184 Å². The van der Waals surface area contributed by atoms with Crippen LogP contribution >= 0.6 is 0 Å². The number of benzene rings is 1. The number of fused-ring (bicyclic) bond motifs is 2. The van der Waals surface area contributed by atoms with Crippen molar-refractivity contribution in [3.63, 3.8) is 0 Å². The first kappa shape index (κ1) is 22.6. The maximum absolute atomic E-state index is 13.6. The molecule has 0 aliphatic heterocycles. The molecule has 4 atom stereocenters. The van der Waals surface area contributed by atoms with E-state index >= 15 is 0 Å². The summed E-state index contributed by atoms with van der Waals surface area (Å²) >= 11 is 0. The van der Waals surface area contributed by atoms with Crippen molar-refractivity contribution in [1.29, 1.82) is 0 Å². The third-order valence-electron chi connectivity index (χ3n) is 8.44. The lowest BCUT2D eigenvalue weighted by Crippen LogP contribution is -2.42. The summed E-state index contributed by atoms with van der Waals surface area (Å²) in [5.74, 6) is 0.295. The molecule has 3 nitrogen and oxygen atoms in total. The van der Waals surface area contributed by atoms with Crippen molar-refractivity contribution in [3.05, 3.63) is 35.9 Å². The fourth-order valence-corrected chi connectivity index (χ4v) is 7.04. The van der Waals surface area contributed by atoms with E-state index in [2.05, 4.69) is 24.0 Å². The fraction of sp³-hybridized carbons (Fsp3) is 0.692. The highest BCUT2D eigenvalue weighted by molar-refractivity contribution is 5.91. The van der Waals surface area contributed by atoms with E-state index in [1.807, 2.05) is 24.4 Å². The summed E-state index contributed by atoms with van der Waals surface area (Å²) in [6, 6.07) is 10.5. The molecule has 3 aliphatic rings. The quantitative estimate of drug-likeness (QED) is 0.570. The number of halogens is 2. The molecule has 4 rings (SSSR count). The van der Waals surface area contributed by atoms with E-state index in [4.69, 9.17) is 5.73 Å². The number of hydrogen-bond donors (Lipinski definition) is 1. The summed E-state index contributed by atoms with van der Waals surface area (Å²) in [4.78, 5) is 18.2. The highest BCUT2D eigenvalue weighted by atomic mass is 19.3. The number of amides is 1. The fourth-order valence-electron chi connectivity index (χ4n) is 7.04. The molecule has 0 radical (unpaired) electrons. The van der Waals surface area contributed by atoms with Crippen molar-refractivity contribution < 1.29 is 13.6 Å². The van der Waals surface area contributed by atoms with E-state index in [9.17, 15) is 13.6 Å². The summed E-state index contributed by atoms with van der Waals surface area (Å²) in [6.07, 6.45) is 7.12. The maximum atomic E-state index is 13.6. The Balaban J connectivity index is 1.63. The molecule has 0 spiro atoms. The number of rotatable bonds is 6. The van der Waals surface area contributed by atoms with Gasteiger partial charge in [-0.15, -0.1) is 0 Å². The van der Waals surface area contributed by atoms with Gasteiger partial charge >= 0.3 is 0 Å². The molecule has 170 valence electrons. The van der Waals surface area contributed by atoms with E-state index in [1.54, 1.807) is 0 Å². The van der Waals surface area contributed by atoms with Crippen LogP contribution < -0.4 is 5.73 Å². The average Bonchev–Trinajstić information content (AvgIpc) is 3.01. The first-order valence-electron chi connectivity index (χ1n) is 12.0. The molecule has 2 N–H and O–H groups in total. The Morgan fingerprint density at radius 1 is 1.16 bits per heavy atom. The molecule has 3 fully saturated rings. The number of aliphatic imine (C=N–C) groups is 1. The lowest BCUT2D eigenvalue weighted by atomic mass is 9.60. The standard InChI is InChI=1S/C26H36F2N2O/c1-2-20-15-25(21-6-4-3-5-7-21)13-19(12-23(27)28)14-26(20,17-25)24(31)30-16-18-8-10-22(29)11-9-18/h3-7,16,18-20,22-23H,2,8-15,17,29H2,1H3/b30-16+. The van der Waals surface area contributed by atoms with Gasteiger partial charge in [-0.2, -0.15) is 0 Å². The number of alkyl halides is 2. The second-order valence-corrected chi connectivity index (χ2v) is 10.4. The second-order valence-electron chi connectivity index (χ2n) is 10.4. The van der Waals surface area contributed by atoms with Gasteiger partial charge in [0.1, 0.15) is 0 Å². The van der Waals surface area contributed by atoms with Gasteiger partial charge in [-0.3, -0.25) is 4.79 Å². The molecule has 1 amide bonds. The summed E-state index contributed by atoms with van der Waals surface area (Å²) in [5, 5.41) is 0. The SMILES string of the molecule is CCC1CC2(c3ccccc3)CC(CC(F)F)CC1(C(=O)/N=C/C1CCC(N)CC1)C2. The van der Waals surface area contributed by atoms with Gasteiger partial charge in [-0.25, -0.2) is 13.8 Å². The van der Waals surface area contributed by atoms with Crippen LogP contribution in [0.15, 0.2) is 35.3 Å². The van der Waals surface area contributed by atoms with Crippen LogP contribution in [-0.2, 0) is 10.2 Å². The molecule has 3 aliphatic carbocycles. The molecule has 4 unspecified atom stereocenters. The summed E-state index contributed by atoms with van der Waals surface area (Å²) in [7, 11) is 0. The van der Waals surface area contributed by atoms with Gasteiger partial charge in [-0.1, -0.05) is 43.7 Å². The van der Waals surface area contributed by atoms with Crippen molar-refractivity contribution in [1.82, 2.24) is 0 Å². The van der Waals surface area contributed by atoms with Crippen LogP contribution in [0.5, 0.6) is 0 Å². The maximum Gasteiger partial charge on any atom is 0.251 e. The molecule has 0 aromatic heterocycles. The van der Waals surface area contributed by atoms with E-state index in [0.29, 0.717) is 12.3 Å². The third kappa shape index (κ3) is 4.48. The Kier molecular flexibility index (Phi) is 6.62. The number of carbonyl (C=O) groups is 1. The number of nitrogens with zero attached hydrogens (tertiary/aromatic N) is 1. The minimum atomic E-state index is -2.34. The summed E-state index contributed by atoms with van der Waals surface area (Å²) in [5.41, 5.74) is 6.41. The Bertz CT molecular complexity index is 790. The van der Waals surface area contributed by atoms with Crippen molar-refractivity contribution in [2.75, 3.05) is 0 Å². The molecule has 1 aromatic rings.